The summed E-state index contributed by atoms with van der Waals surface area (Å²) in [5.74, 6) is -1.81. The van der Waals surface area contributed by atoms with E-state index in [1.807, 2.05) is 51.1 Å². The molecule has 0 aliphatic rings. The number of hydrogen-bond donors (Lipinski definition) is 3. The molecule has 0 aliphatic carbocycles. The van der Waals surface area contributed by atoms with Gasteiger partial charge in [-0.2, -0.15) is 0 Å². The van der Waals surface area contributed by atoms with Crippen molar-refractivity contribution in [2.24, 2.45) is 5.41 Å². The Morgan fingerprint density at radius 1 is 0.893 bits per heavy atom. The van der Waals surface area contributed by atoms with Crippen LogP contribution in [0.25, 0.3) is 0 Å². The second-order valence-corrected chi connectivity index (χ2v) is 7.87. The Balaban J connectivity index is 2.01. The summed E-state index contributed by atoms with van der Waals surface area (Å²) >= 11 is 0. The standard InChI is InChI=1S/C22H26N2O4/c1-22(2,3)14-23-19(25)16-9-11-17(12-10-16)20(26)24-18(21(27)28)13-15-7-5-4-6-8-15/h4-12,18H,13-14H2,1-3H3,(H,23,25)(H,24,26)(H,27,28)/t18-/m1/s1. The Morgan fingerprint density at radius 3 is 1.93 bits per heavy atom. The molecule has 0 heterocycles. The number of aliphatic carboxylic acids is 1. The molecule has 148 valence electrons. The highest BCUT2D eigenvalue weighted by Crippen LogP contribution is 2.12. The summed E-state index contributed by atoms with van der Waals surface area (Å²) in [6, 6.07) is 14.2. The molecule has 0 spiro atoms. The van der Waals surface area contributed by atoms with Crippen molar-refractivity contribution in [1.82, 2.24) is 10.6 Å². The van der Waals surface area contributed by atoms with E-state index in [0.29, 0.717) is 17.7 Å². The van der Waals surface area contributed by atoms with E-state index in [9.17, 15) is 19.5 Å². The van der Waals surface area contributed by atoms with E-state index >= 15 is 0 Å². The van der Waals surface area contributed by atoms with Crippen molar-refractivity contribution in [1.29, 1.82) is 0 Å². The molecule has 2 rings (SSSR count). The molecule has 1 atom stereocenters. The quantitative estimate of drug-likeness (QED) is 0.686. The van der Waals surface area contributed by atoms with Crippen molar-refractivity contribution in [2.45, 2.75) is 33.2 Å². The molecule has 0 aromatic heterocycles. The Kier molecular flexibility index (Phi) is 6.93. The first-order valence-electron chi connectivity index (χ1n) is 9.11. The lowest BCUT2D eigenvalue weighted by Crippen LogP contribution is -2.42. The van der Waals surface area contributed by atoms with Gasteiger partial charge in [0.1, 0.15) is 6.04 Å². The van der Waals surface area contributed by atoms with Gasteiger partial charge in [0.15, 0.2) is 0 Å². The normalized spacial score (nSPS) is 12.1. The van der Waals surface area contributed by atoms with Crippen LogP contribution in [0.1, 0.15) is 47.1 Å². The summed E-state index contributed by atoms with van der Waals surface area (Å²) in [7, 11) is 0. The third-order valence-electron chi connectivity index (χ3n) is 4.07. The van der Waals surface area contributed by atoms with Crippen molar-refractivity contribution in [3.8, 4) is 0 Å². The Bertz CT molecular complexity index is 824. The molecule has 0 bridgehead atoms. The fraction of sp³-hybridized carbons (Fsp3) is 0.318. The van der Waals surface area contributed by atoms with Gasteiger partial charge in [-0.3, -0.25) is 9.59 Å². The van der Waals surface area contributed by atoms with Gasteiger partial charge in [-0.15, -0.1) is 0 Å². The number of nitrogens with one attached hydrogen (secondary N) is 2. The minimum Gasteiger partial charge on any atom is -0.480 e. The molecule has 0 saturated carbocycles. The SMILES string of the molecule is CC(C)(C)CNC(=O)c1ccc(C(=O)N[C@H](Cc2ccccc2)C(=O)O)cc1. The van der Waals surface area contributed by atoms with E-state index in [1.165, 1.54) is 12.1 Å². The van der Waals surface area contributed by atoms with E-state index in [0.717, 1.165) is 5.56 Å². The minimum absolute atomic E-state index is 0.0277. The molecular weight excluding hydrogens is 356 g/mol. The summed E-state index contributed by atoms with van der Waals surface area (Å²) < 4.78 is 0. The largest absolute Gasteiger partial charge is 0.480 e. The number of amides is 2. The molecule has 2 aromatic carbocycles. The van der Waals surface area contributed by atoms with Gasteiger partial charge in [0.25, 0.3) is 11.8 Å². The highest BCUT2D eigenvalue weighted by atomic mass is 16.4. The fourth-order valence-corrected chi connectivity index (χ4v) is 2.51. The maximum atomic E-state index is 12.4. The van der Waals surface area contributed by atoms with Crippen LogP contribution >= 0.6 is 0 Å². The first-order chi connectivity index (χ1) is 13.2. The van der Waals surface area contributed by atoms with Gasteiger partial charge in [0.05, 0.1) is 0 Å². The molecule has 0 saturated heterocycles. The second kappa shape index (κ2) is 9.17. The predicted octanol–water partition coefficient (Wildman–Crippen LogP) is 2.89. The van der Waals surface area contributed by atoms with Crippen molar-refractivity contribution in [3.63, 3.8) is 0 Å². The van der Waals surface area contributed by atoms with Crippen LogP contribution < -0.4 is 10.6 Å². The number of benzene rings is 2. The van der Waals surface area contributed by atoms with Crippen LogP contribution in [0.15, 0.2) is 54.6 Å². The Morgan fingerprint density at radius 2 is 1.43 bits per heavy atom. The first-order valence-corrected chi connectivity index (χ1v) is 9.11. The van der Waals surface area contributed by atoms with Crippen LogP contribution in [0, 0.1) is 5.41 Å². The van der Waals surface area contributed by atoms with Gasteiger partial charge >= 0.3 is 5.97 Å². The Labute approximate surface area is 165 Å². The lowest BCUT2D eigenvalue weighted by atomic mass is 9.97. The van der Waals surface area contributed by atoms with E-state index in [4.69, 9.17) is 0 Å². The lowest BCUT2D eigenvalue weighted by Gasteiger charge is -2.18. The highest BCUT2D eigenvalue weighted by Gasteiger charge is 2.21. The van der Waals surface area contributed by atoms with Gasteiger partial charge in [0.2, 0.25) is 0 Å². The molecule has 0 radical (unpaired) electrons. The Hall–Kier alpha value is -3.15. The van der Waals surface area contributed by atoms with Gasteiger partial charge in [-0.1, -0.05) is 51.1 Å². The van der Waals surface area contributed by atoms with Crippen molar-refractivity contribution >= 4 is 17.8 Å². The number of hydrogen-bond acceptors (Lipinski definition) is 3. The van der Waals surface area contributed by atoms with Crippen LogP contribution in [-0.2, 0) is 11.2 Å². The van der Waals surface area contributed by atoms with E-state index in [-0.39, 0.29) is 17.7 Å². The number of carboxylic acids is 1. The molecule has 0 aliphatic heterocycles. The number of carboxylic acid groups (broad SMARTS) is 1. The average Bonchev–Trinajstić information content (AvgIpc) is 2.65. The van der Waals surface area contributed by atoms with Crippen molar-refractivity contribution < 1.29 is 19.5 Å². The highest BCUT2D eigenvalue weighted by molar-refractivity contribution is 5.99. The molecule has 6 heteroatoms. The fourth-order valence-electron chi connectivity index (χ4n) is 2.51. The molecule has 0 fully saturated rings. The molecule has 28 heavy (non-hydrogen) atoms. The third-order valence-corrected chi connectivity index (χ3v) is 4.07. The molecule has 2 amide bonds. The zero-order chi connectivity index (χ0) is 20.7. The summed E-state index contributed by atoms with van der Waals surface area (Å²) in [4.78, 5) is 36.1. The van der Waals surface area contributed by atoms with Gasteiger partial charge in [-0.25, -0.2) is 4.79 Å². The summed E-state index contributed by atoms with van der Waals surface area (Å²) in [6.07, 6.45) is 0.190. The maximum Gasteiger partial charge on any atom is 0.326 e. The third kappa shape index (κ3) is 6.54. The monoisotopic (exact) mass is 382 g/mol. The smallest absolute Gasteiger partial charge is 0.326 e. The van der Waals surface area contributed by atoms with Gasteiger partial charge in [-0.05, 0) is 35.2 Å². The van der Waals surface area contributed by atoms with E-state index < -0.39 is 17.9 Å². The molecule has 3 N–H and O–H groups in total. The number of rotatable bonds is 7. The molecular formula is C22H26N2O4. The van der Waals surface area contributed by atoms with E-state index in [2.05, 4.69) is 10.6 Å². The molecule has 6 nitrogen and oxygen atoms in total. The number of carbonyl (C=O) groups excluding carboxylic acids is 2. The molecule has 0 unspecified atom stereocenters. The first kappa shape index (κ1) is 21.2. The van der Waals surface area contributed by atoms with Crippen molar-refractivity contribution in [2.75, 3.05) is 6.54 Å². The maximum absolute atomic E-state index is 12.4. The zero-order valence-electron chi connectivity index (χ0n) is 16.4. The van der Waals surface area contributed by atoms with E-state index in [1.54, 1.807) is 12.1 Å². The van der Waals surface area contributed by atoms with Gasteiger partial charge in [0, 0.05) is 24.1 Å². The summed E-state index contributed by atoms with van der Waals surface area (Å²) in [5, 5.41) is 14.8. The molecule has 2 aromatic rings. The van der Waals surface area contributed by atoms with Crippen LogP contribution in [0.4, 0.5) is 0 Å². The van der Waals surface area contributed by atoms with Crippen molar-refractivity contribution in [3.05, 3.63) is 71.3 Å². The number of carbonyl (C=O) groups is 3. The topological polar surface area (TPSA) is 95.5 Å². The van der Waals surface area contributed by atoms with Crippen LogP contribution in [0.5, 0.6) is 0 Å². The minimum atomic E-state index is -1.10. The predicted molar refractivity (Wildman–Crippen MR) is 107 cm³/mol. The van der Waals surface area contributed by atoms with Gasteiger partial charge < -0.3 is 15.7 Å². The second-order valence-electron chi connectivity index (χ2n) is 7.87. The zero-order valence-corrected chi connectivity index (χ0v) is 16.4. The lowest BCUT2D eigenvalue weighted by molar-refractivity contribution is -0.139. The summed E-state index contributed by atoms with van der Waals surface area (Å²) in [5.41, 5.74) is 1.53. The summed E-state index contributed by atoms with van der Waals surface area (Å²) in [6.45, 7) is 6.60. The average molecular weight is 382 g/mol. The van der Waals surface area contributed by atoms with Crippen LogP contribution in [-0.4, -0.2) is 35.5 Å². The van der Waals surface area contributed by atoms with Crippen LogP contribution in [0.2, 0.25) is 0 Å². The van der Waals surface area contributed by atoms with Crippen LogP contribution in [0.3, 0.4) is 0 Å².